The number of benzene rings is 3. The van der Waals surface area contributed by atoms with E-state index in [1.807, 2.05) is 0 Å². The molecule has 2 amide bonds. The first-order chi connectivity index (χ1) is 16.7. The second kappa shape index (κ2) is 10.00. The number of hydrogen-bond acceptors (Lipinski definition) is 6. The van der Waals surface area contributed by atoms with Gasteiger partial charge in [0.25, 0.3) is 11.8 Å². The highest BCUT2D eigenvalue weighted by atomic mass is 35.5. The highest BCUT2D eigenvalue weighted by Gasteiger charge is 2.40. The van der Waals surface area contributed by atoms with Crippen molar-refractivity contribution in [1.82, 2.24) is 0 Å². The van der Waals surface area contributed by atoms with E-state index in [0.717, 1.165) is 10.5 Å². The quantitative estimate of drug-likeness (QED) is 0.240. The van der Waals surface area contributed by atoms with E-state index in [1.54, 1.807) is 49.4 Å². The predicted octanol–water partition coefficient (Wildman–Crippen LogP) is 5.97. The van der Waals surface area contributed by atoms with E-state index in [1.165, 1.54) is 25.3 Å². The molecule has 0 atom stereocenters. The maximum Gasteiger partial charge on any atom is 0.343 e. The van der Waals surface area contributed by atoms with Crippen molar-refractivity contribution in [2.45, 2.75) is 6.92 Å². The number of nitrogens with zero attached hydrogens (tertiary/aromatic N) is 1. The summed E-state index contributed by atoms with van der Waals surface area (Å²) in [5, 5.41) is 3.44. The van der Waals surface area contributed by atoms with E-state index in [9.17, 15) is 14.4 Å². The van der Waals surface area contributed by atoms with E-state index >= 15 is 0 Å². The fourth-order valence-electron chi connectivity index (χ4n) is 3.35. The fourth-order valence-corrected chi connectivity index (χ4v) is 3.85. The first kappa shape index (κ1) is 24.6. The zero-order chi connectivity index (χ0) is 25.3. The Kier molecular flexibility index (Phi) is 7.03. The van der Waals surface area contributed by atoms with Crippen LogP contribution < -0.4 is 19.7 Å². The third kappa shape index (κ3) is 4.98. The lowest BCUT2D eigenvalue weighted by Gasteiger charge is -2.18. The van der Waals surface area contributed by atoms with Crippen LogP contribution in [0.2, 0.25) is 10.0 Å². The Morgan fingerprint density at radius 2 is 1.63 bits per heavy atom. The summed E-state index contributed by atoms with van der Waals surface area (Å²) in [7, 11) is 1.41. The molecule has 1 aliphatic heterocycles. The normalized spacial score (nSPS) is 13.3. The molecule has 3 aromatic rings. The third-order valence-electron chi connectivity index (χ3n) is 5.14. The molecule has 0 saturated carbocycles. The van der Waals surface area contributed by atoms with Crippen molar-refractivity contribution < 1.29 is 23.9 Å². The number of carbonyl (C=O) groups is 3. The van der Waals surface area contributed by atoms with Gasteiger partial charge in [-0.25, -0.2) is 9.69 Å². The molecule has 1 aliphatic rings. The van der Waals surface area contributed by atoms with Gasteiger partial charge in [-0.05, 0) is 73.2 Å². The lowest BCUT2D eigenvalue weighted by molar-refractivity contribution is -0.120. The summed E-state index contributed by atoms with van der Waals surface area (Å²) in [6, 6.07) is 15.6. The minimum absolute atomic E-state index is 0.120. The zero-order valence-electron chi connectivity index (χ0n) is 18.4. The molecule has 0 radical (unpaired) electrons. The van der Waals surface area contributed by atoms with Crippen LogP contribution in [0.4, 0.5) is 11.4 Å². The average Bonchev–Trinajstić information content (AvgIpc) is 3.04. The van der Waals surface area contributed by atoms with Crippen LogP contribution in [0.1, 0.15) is 15.9 Å². The smallest absolute Gasteiger partial charge is 0.343 e. The highest BCUT2D eigenvalue weighted by molar-refractivity contribution is 6.53. The Morgan fingerprint density at radius 3 is 2.29 bits per heavy atom. The first-order valence-electron chi connectivity index (χ1n) is 10.2. The van der Waals surface area contributed by atoms with Gasteiger partial charge in [0.2, 0.25) is 0 Å². The van der Waals surface area contributed by atoms with Crippen molar-refractivity contribution in [2.24, 2.45) is 0 Å². The van der Waals surface area contributed by atoms with Crippen molar-refractivity contribution in [2.75, 3.05) is 17.3 Å². The van der Waals surface area contributed by atoms with Gasteiger partial charge in [0.05, 0.1) is 18.4 Å². The van der Waals surface area contributed by atoms with Crippen LogP contribution in [0.15, 0.2) is 71.4 Å². The molecule has 35 heavy (non-hydrogen) atoms. The number of esters is 1. The van der Waals surface area contributed by atoms with Crippen LogP contribution in [-0.2, 0) is 9.59 Å². The Bertz CT molecular complexity index is 1390. The molecule has 0 fully saturated rings. The molecule has 0 saturated heterocycles. The summed E-state index contributed by atoms with van der Waals surface area (Å²) < 4.78 is 10.6. The standard InChI is InChI=1S/C25H17Cl3N2O5/c1-13-11-17(8-9-18(13)27)35-25(33)14-3-6-16(7-4-14)29-22-21(28)23(31)30(24(22)32)19-12-15(26)5-10-20(19)34-2/h3-12,29H,1-2H3. The number of hydrogen-bond donors (Lipinski definition) is 1. The molecule has 0 spiro atoms. The number of anilines is 2. The van der Waals surface area contributed by atoms with Gasteiger partial charge < -0.3 is 14.8 Å². The topological polar surface area (TPSA) is 84.9 Å². The van der Waals surface area contributed by atoms with E-state index in [0.29, 0.717) is 21.5 Å². The maximum absolute atomic E-state index is 13.1. The molecule has 0 unspecified atom stereocenters. The third-order valence-corrected chi connectivity index (χ3v) is 6.15. The van der Waals surface area contributed by atoms with Gasteiger partial charge in [0, 0.05) is 15.7 Å². The molecule has 7 nitrogen and oxygen atoms in total. The second-order valence-corrected chi connectivity index (χ2v) is 8.68. The SMILES string of the molecule is COc1ccc(Cl)cc1N1C(=O)C(Cl)=C(Nc2ccc(C(=O)Oc3ccc(Cl)c(C)c3)cc2)C1=O. The van der Waals surface area contributed by atoms with Gasteiger partial charge in [-0.15, -0.1) is 0 Å². The Morgan fingerprint density at radius 1 is 0.914 bits per heavy atom. The highest BCUT2D eigenvalue weighted by Crippen LogP contribution is 2.37. The van der Waals surface area contributed by atoms with E-state index in [4.69, 9.17) is 44.3 Å². The van der Waals surface area contributed by atoms with E-state index in [2.05, 4.69) is 5.32 Å². The van der Waals surface area contributed by atoms with Crippen LogP contribution in [0.25, 0.3) is 0 Å². The number of halogens is 3. The second-order valence-electron chi connectivity index (χ2n) is 7.45. The number of ether oxygens (including phenoxy) is 2. The average molecular weight is 532 g/mol. The summed E-state index contributed by atoms with van der Waals surface area (Å²) in [4.78, 5) is 39.2. The fraction of sp³-hybridized carbons (Fsp3) is 0.0800. The van der Waals surface area contributed by atoms with Gasteiger partial charge in [-0.3, -0.25) is 9.59 Å². The molecule has 1 N–H and O–H groups in total. The van der Waals surface area contributed by atoms with Crippen LogP contribution in [0, 0.1) is 6.92 Å². The molecular formula is C25H17Cl3N2O5. The molecule has 10 heteroatoms. The summed E-state index contributed by atoms with van der Waals surface area (Å²) >= 11 is 18.2. The molecular weight excluding hydrogens is 515 g/mol. The number of methoxy groups -OCH3 is 1. The number of amides is 2. The van der Waals surface area contributed by atoms with Gasteiger partial charge in [0.15, 0.2) is 0 Å². The first-order valence-corrected chi connectivity index (χ1v) is 11.3. The van der Waals surface area contributed by atoms with Gasteiger partial charge in [0.1, 0.15) is 22.2 Å². The van der Waals surface area contributed by atoms with Crippen molar-refractivity contribution in [3.8, 4) is 11.5 Å². The summed E-state index contributed by atoms with van der Waals surface area (Å²) in [5.41, 5.74) is 1.54. The lowest BCUT2D eigenvalue weighted by Crippen LogP contribution is -2.32. The Labute approximate surface area is 215 Å². The molecule has 178 valence electrons. The number of carbonyl (C=O) groups excluding carboxylic acids is 3. The van der Waals surface area contributed by atoms with Crippen molar-refractivity contribution >= 4 is 64.0 Å². The molecule has 1 heterocycles. The molecule has 4 rings (SSSR count). The van der Waals surface area contributed by atoms with Gasteiger partial charge in [-0.1, -0.05) is 34.8 Å². The number of aryl methyl sites for hydroxylation is 1. The van der Waals surface area contributed by atoms with E-state index < -0.39 is 17.8 Å². The maximum atomic E-state index is 13.1. The largest absolute Gasteiger partial charge is 0.495 e. The number of imide groups is 1. The van der Waals surface area contributed by atoms with Gasteiger partial charge >= 0.3 is 5.97 Å². The van der Waals surface area contributed by atoms with Crippen LogP contribution in [0.3, 0.4) is 0 Å². The summed E-state index contributed by atoms with van der Waals surface area (Å²) in [6.45, 7) is 1.80. The monoisotopic (exact) mass is 530 g/mol. The molecule has 0 aromatic heterocycles. The van der Waals surface area contributed by atoms with Crippen LogP contribution >= 0.6 is 34.8 Å². The minimum atomic E-state index is -0.724. The van der Waals surface area contributed by atoms with Crippen LogP contribution in [-0.4, -0.2) is 24.9 Å². The summed E-state index contributed by atoms with van der Waals surface area (Å²) in [6.07, 6.45) is 0. The molecule has 0 bridgehead atoms. The number of rotatable bonds is 6. The Hall–Kier alpha value is -3.52. The van der Waals surface area contributed by atoms with Crippen molar-refractivity contribution in [3.63, 3.8) is 0 Å². The molecule has 3 aromatic carbocycles. The number of nitrogens with one attached hydrogen (secondary N) is 1. The lowest BCUT2D eigenvalue weighted by atomic mass is 10.2. The predicted molar refractivity (Wildman–Crippen MR) is 135 cm³/mol. The summed E-state index contributed by atoms with van der Waals surface area (Å²) in [5.74, 6) is -1.33. The zero-order valence-corrected chi connectivity index (χ0v) is 20.7. The van der Waals surface area contributed by atoms with Crippen molar-refractivity contribution in [1.29, 1.82) is 0 Å². The Balaban J connectivity index is 1.51. The molecule has 0 aliphatic carbocycles. The van der Waals surface area contributed by atoms with Crippen LogP contribution in [0.5, 0.6) is 11.5 Å². The minimum Gasteiger partial charge on any atom is -0.495 e. The van der Waals surface area contributed by atoms with E-state index in [-0.39, 0.29) is 27.7 Å². The van der Waals surface area contributed by atoms with Gasteiger partial charge in [-0.2, -0.15) is 0 Å². The van der Waals surface area contributed by atoms with Crippen molar-refractivity contribution in [3.05, 3.63) is 92.6 Å².